The van der Waals surface area contributed by atoms with Crippen molar-refractivity contribution in [3.8, 4) is 0 Å². The van der Waals surface area contributed by atoms with Crippen LogP contribution >= 0.6 is 0 Å². The molecular weight excluding hydrogens is 719 g/mol. The van der Waals surface area contributed by atoms with Crippen molar-refractivity contribution in [1.29, 1.82) is 0 Å². The van der Waals surface area contributed by atoms with Gasteiger partial charge in [-0.1, -0.05) is 229 Å². The Kier molecular flexibility index (Phi) is 43.3. The molecule has 0 aromatic carbocycles. The van der Waals surface area contributed by atoms with Gasteiger partial charge in [0.05, 0.1) is 25.2 Å². The Hall–Kier alpha value is -2.70. The highest BCUT2D eigenvalue weighted by atomic mass is 16.5. The molecule has 3 atom stereocenters. The Morgan fingerprint density at radius 3 is 1.48 bits per heavy atom. The lowest BCUT2D eigenvalue weighted by molar-refractivity contribution is -0.150. The fourth-order valence-corrected chi connectivity index (χ4v) is 6.97. The Morgan fingerprint density at radius 1 is 0.534 bits per heavy atom. The second kappa shape index (κ2) is 45.4. The van der Waals surface area contributed by atoms with E-state index < -0.39 is 18.2 Å². The van der Waals surface area contributed by atoms with Gasteiger partial charge in [-0.05, 0) is 44.9 Å². The molecule has 0 saturated carbocycles. The molecule has 0 bridgehead atoms. The first kappa shape index (κ1) is 55.3. The number of rotatable bonds is 42. The quantitative estimate of drug-likeness (QED) is 0.0247. The van der Waals surface area contributed by atoms with E-state index in [0.717, 1.165) is 57.8 Å². The van der Waals surface area contributed by atoms with E-state index in [0.29, 0.717) is 19.3 Å². The third-order valence-electron chi connectivity index (χ3n) is 10.6. The molecule has 0 rings (SSSR count). The van der Waals surface area contributed by atoms with Gasteiger partial charge in [-0.25, -0.2) is 0 Å². The van der Waals surface area contributed by atoms with E-state index in [1.165, 1.54) is 116 Å². The lowest BCUT2D eigenvalue weighted by atomic mass is 10.0. The van der Waals surface area contributed by atoms with Gasteiger partial charge >= 0.3 is 5.97 Å². The number of nitrogens with one attached hydrogen (secondary N) is 1. The number of carbonyl (C=O) groups excluding carboxylic acids is 2. The highest BCUT2D eigenvalue weighted by Crippen LogP contribution is 2.16. The van der Waals surface area contributed by atoms with Crippen LogP contribution in [0.15, 0.2) is 72.9 Å². The summed E-state index contributed by atoms with van der Waals surface area (Å²) < 4.78 is 5.81. The lowest BCUT2D eigenvalue weighted by Gasteiger charge is -2.24. The molecule has 0 aromatic rings. The third kappa shape index (κ3) is 40.1. The summed E-state index contributed by atoms with van der Waals surface area (Å²) in [6.45, 7) is 6.27. The van der Waals surface area contributed by atoms with Crippen molar-refractivity contribution in [3.05, 3.63) is 72.9 Å². The highest BCUT2D eigenvalue weighted by molar-refractivity contribution is 5.77. The number of unbranched alkanes of at least 4 members (excludes halogenated alkanes) is 23. The van der Waals surface area contributed by atoms with E-state index in [2.05, 4.69) is 44.3 Å². The molecule has 58 heavy (non-hydrogen) atoms. The second-order valence-corrected chi connectivity index (χ2v) is 16.3. The van der Waals surface area contributed by atoms with Gasteiger partial charge in [0, 0.05) is 12.8 Å². The van der Waals surface area contributed by atoms with E-state index in [1.54, 1.807) is 0 Å². The van der Waals surface area contributed by atoms with Crippen LogP contribution < -0.4 is 5.32 Å². The molecule has 0 heterocycles. The van der Waals surface area contributed by atoms with Gasteiger partial charge in [0.1, 0.15) is 6.10 Å². The number of aliphatic hydroxyl groups excluding tert-OH is 2. The first-order valence-corrected chi connectivity index (χ1v) is 24.2. The number of aliphatic hydroxyl groups is 2. The Bertz CT molecular complexity index is 1090. The Balaban J connectivity index is 4.64. The SMILES string of the molecule is CC/C=C/C=C/C=C\C=C/C=C/CC(CC(=O)NC(CO)C(O)CCCCCCCCCCCCCCCCCC)OC(=O)CCCCCCC/C=C\CCCCC. The zero-order valence-corrected chi connectivity index (χ0v) is 37.9. The third-order valence-corrected chi connectivity index (χ3v) is 10.6. The van der Waals surface area contributed by atoms with Gasteiger partial charge in [-0.15, -0.1) is 0 Å². The fourth-order valence-electron chi connectivity index (χ4n) is 6.97. The predicted octanol–water partition coefficient (Wildman–Crippen LogP) is 14.2. The number of hydrogen-bond donors (Lipinski definition) is 3. The lowest BCUT2D eigenvalue weighted by Crippen LogP contribution is -2.46. The summed E-state index contributed by atoms with van der Waals surface area (Å²) in [5, 5.41) is 23.7. The van der Waals surface area contributed by atoms with Gasteiger partial charge < -0.3 is 20.3 Å². The van der Waals surface area contributed by atoms with Crippen LogP contribution in [0.4, 0.5) is 0 Å². The normalized spacial score (nSPS) is 13.9. The molecule has 334 valence electrons. The van der Waals surface area contributed by atoms with Gasteiger partial charge in [-0.2, -0.15) is 0 Å². The molecule has 0 saturated heterocycles. The molecule has 0 spiro atoms. The molecule has 0 aliphatic heterocycles. The smallest absolute Gasteiger partial charge is 0.306 e. The van der Waals surface area contributed by atoms with Crippen LogP contribution in [0.2, 0.25) is 0 Å². The van der Waals surface area contributed by atoms with Crippen molar-refractivity contribution in [1.82, 2.24) is 5.32 Å². The van der Waals surface area contributed by atoms with Crippen molar-refractivity contribution < 1.29 is 24.5 Å². The number of carbonyl (C=O) groups is 2. The zero-order valence-electron chi connectivity index (χ0n) is 37.9. The first-order chi connectivity index (χ1) is 28.5. The second-order valence-electron chi connectivity index (χ2n) is 16.3. The van der Waals surface area contributed by atoms with Gasteiger partial charge in [0.2, 0.25) is 5.91 Å². The zero-order chi connectivity index (χ0) is 42.4. The molecule has 0 aliphatic rings. The molecule has 6 heteroatoms. The van der Waals surface area contributed by atoms with Crippen molar-refractivity contribution in [2.75, 3.05) is 6.61 Å². The van der Waals surface area contributed by atoms with E-state index >= 15 is 0 Å². The molecule has 0 aromatic heterocycles. The number of hydrogen-bond acceptors (Lipinski definition) is 5. The topological polar surface area (TPSA) is 95.9 Å². The van der Waals surface area contributed by atoms with Crippen molar-refractivity contribution in [2.45, 2.75) is 238 Å². The van der Waals surface area contributed by atoms with Crippen LogP contribution in [0.3, 0.4) is 0 Å². The summed E-state index contributed by atoms with van der Waals surface area (Å²) in [4.78, 5) is 25.9. The van der Waals surface area contributed by atoms with E-state index in [1.807, 2.05) is 54.7 Å². The maximum Gasteiger partial charge on any atom is 0.306 e. The van der Waals surface area contributed by atoms with Crippen LogP contribution in [0.1, 0.15) is 220 Å². The summed E-state index contributed by atoms with van der Waals surface area (Å²) in [7, 11) is 0. The molecule has 0 radical (unpaired) electrons. The summed E-state index contributed by atoms with van der Waals surface area (Å²) in [6, 6.07) is -0.742. The van der Waals surface area contributed by atoms with Crippen LogP contribution in [-0.2, 0) is 14.3 Å². The van der Waals surface area contributed by atoms with E-state index in [9.17, 15) is 19.8 Å². The Labute approximate surface area is 358 Å². The van der Waals surface area contributed by atoms with Gasteiger partial charge in [0.25, 0.3) is 0 Å². The average molecular weight is 810 g/mol. The largest absolute Gasteiger partial charge is 0.461 e. The number of ether oxygens (including phenoxy) is 1. The molecule has 3 N–H and O–H groups in total. The first-order valence-electron chi connectivity index (χ1n) is 24.2. The summed E-state index contributed by atoms with van der Waals surface area (Å²) >= 11 is 0. The minimum absolute atomic E-state index is 0.0238. The van der Waals surface area contributed by atoms with Gasteiger partial charge in [-0.3, -0.25) is 9.59 Å². The Morgan fingerprint density at radius 2 is 0.966 bits per heavy atom. The summed E-state index contributed by atoms with van der Waals surface area (Å²) in [5.74, 6) is -0.621. The molecule has 0 fully saturated rings. The summed E-state index contributed by atoms with van der Waals surface area (Å²) in [6.07, 6.45) is 57.0. The van der Waals surface area contributed by atoms with Crippen molar-refractivity contribution >= 4 is 11.9 Å². The highest BCUT2D eigenvalue weighted by Gasteiger charge is 2.23. The standard InChI is InChI=1S/C52H91NO5/c1-4-7-10-13-16-19-22-24-25-26-27-29-32-35-38-41-44-50(55)49(47-54)53-51(56)46-48(43-40-37-34-31-28-21-18-15-12-9-6-3)58-52(57)45-42-39-36-33-30-23-20-17-14-11-8-5-2/h9,12,15,17-18,20-21,28,31,34,37,40,48-50,54-55H,4-8,10-11,13-14,16,19,22-27,29-30,32-33,35-36,38-39,41-47H2,1-3H3,(H,53,56)/b12-9+,18-15+,20-17-,28-21-,34-31-,40-37+. The molecule has 0 aliphatic carbocycles. The van der Waals surface area contributed by atoms with Crippen LogP contribution in [-0.4, -0.2) is 46.9 Å². The maximum atomic E-state index is 13.1. The van der Waals surface area contributed by atoms with Gasteiger partial charge in [0.15, 0.2) is 0 Å². The molecule has 6 nitrogen and oxygen atoms in total. The monoisotopic (exact) mass is 810 g/mol. The average Bonchev–Trinajstić information content (AvgIpc) is 3.22. The number of amides is 1. The minimum atomic E-state index is -0.820. The molecule has 1 amide bonds. The predicted molar refractivity (Wildman–Crippen MR) is 250 cm³/mol. The number of esters is 1. The van der Waals surface area contributed by atoms with E-state index in [-0.39, 0.29) is 24.9 Å². The van der Waals surface area contributed by atoms with Crippen LogP contribution in [0.25, 0.3) is 0 Å². The minimum Gasteiger partial charge on any atom is -0.461 e. The van der Waals surface area contributed by atoms with E-state index in [4.69, 9.17) is 4.74 Å². The van der Waals surface area contributed by atoms with Crippen molar-refractivity contribution in [2.24, 2.45) is 0 Å². The van der Waals surface area contributed by atoms with Crippen LogP contribution in [0.5, 0.6) is 0 Å². The maximum absolute atomic E-state index is 13.1. The number of allylic oxidation sites excluding steroid dienone is 11. The van der Waals surface area contributed by atoms with Crippen molar-refractivity contribution in [3.63, 3.8) is 0 Å². The fraction of sp³-hybridized carbons (Fsp3) is 0.731. The molecule has 3 unspecified atom stereocenters. The van der Waals surface area contributed by atoms with Crippen LogP contribution in [0, 0.1) is 0 Å². The summed E-state index contributed by atoms with van der Waals surface area (Å²) in [5.41, 5.74) is 0. The molecular formula is C52H91NO5.